The van der Waals surface area contributed by atoms with Gasteiger partial charge >= 0.3 is 0 Å². The van der Waals surface area contributed by atoms with Crippen LogP contribution < -0.4 is 16.6 Å². The summed E-state index contributed by atoms with van der Waals surface area (Å²) in [4.78, 5) is 34.7. The van der Waals surface area contributed by atoms with Crippen molar-refractivity contribution in [2.24, 2.45) is 5.84 Å². The van der Waals surface area contributed by atoms with Crippen LogP contribution in [0, 0.1) is 0 Å². The molecule has 0 aromatic rings. The van der Waals surface area contributed by atoms with Crippen LogP contribution >= 0.6 is 0 Å². The molecule has 0 aromatic carbocycles. The standard InChI is InChI=1S/C10H16N4O3/c11-13-6-5-12-8(15)2-1-7-14-9(16)3-4-10(14)17/h3-4,13H,1-2,5-7,11H2,(H,12,15). The summed E-state index contributed by atoms with van der Waals surface area (Å²) in [5.74, 6) is 4.29. The predicted molar refractivity (Wildman–Crippen MR) is 60.3 cm³/mol. The van der Waals surface area contributed by atoms with Gasteiger partial charge in [-0.15, -0.1) is 0 Å². The molecule has 0 spiro atoms. The van der Waals surface area contributed by atoms with Gasteiger partial charge in [0.15, 0.2) is 0 Å². The average molecular weight is 240 g/mol. The quantitative estimate of drug-likeness (QED) is 0.212. The van der Waals surface area contributed by atoms with Crippen LogP contribution in [0.2, 0.25) is 0 Å². The zero-order valence-electron chi connectivity index (χ0n) is 9.44. The molecule has 0 aliphatic carbocycles. The number of hydrazine groups is 1. The fraction of sp³-hybridized carbons (Fsp3) is 0.500. The molecule has 0 radical (unpaired) electrons. The summed E-state index contributed by atoms with van der Waals surface area (Å²) >= 11 is 0. The maximum absolute atomic E-state index is 11.3. The minimum atomic E-state index is -0.317. The molecule has 17 heavy (non-hydrogen) atoms. The first-order valence-electron chi connectivity index (χ1n) is 5.39. The van der Waals surface area contributed by atoms with Gasteiger partial charge in [0.1, 0.15) is 0 Å². The SMILES string of the molecule is NNCCNC(=O)CCCN1C(=O)C=CC1=O. The van der Waals surface area contributed by atoms with Gasteiger partial charge in [-0.3, -0.25) is 30.6 Å². The van der Waals surface area contributed by atoms with Crippen LogP contribution in [0.3, 0.4) is 0 Å². The summed E-state index contributed by atoms with van der Waals surface area (Å²) in [6.45, 7) is 1.23. The molecule has 4 N–H and O–H groups in total. The summed E-state index contributed by atoms with van der Waals surface area (Å²) in [6.07, 6.45) is 3.20. The highest BCUT2D eigenvalue weighted by molar-refractivity contribution is 6.12. The topological polar surface area (TPSA) is 105 Å². The van der Waals surface area contributed by atoms with E-state index in [0.29, 0.717) is 19.5 Å². The molecule has 0 unspecified atom stereocenters. The Balaban J connectivity index is 2.13. The second kappa shape index (κ2) is 6.77. The molecular formula is C10H16N4O3. The van der Waals surface area contributed by atoms with Crippen LogP contribution in [-0.4, -0.2) is 42.3 Å². The Hall–Kier alpha value is -1.73. The monoisotopic (exact) mass is 240 g/mol. The first kappa shape index (κ1) is 13.3. The van der Waals surface area contributed by atoms with Gasteiger partial charge in [0.25, 0.3) is 11.8 Å². The lowest BCUT2D eigenvalue weighted by molar-refractivity contribution is -0.137. The highest BCUT2D eigenvalue weighted by Crippen LogP contribution is 2.05. The number of carbonyl (C=O) groups is 3. The number of nitrogens with two attached hydrogens (primary N) is 1. The van der Waals surface area contributed by atoms with E-state index in [1.54, 1.807) is 0 Å². The van der Waals surface area contributed by atoms with Gasteiger partial charge in [0.2, 0.25) is 5.91 Å². The van der Waals surface area contributed by atoms with E-state index in [4.69, 9.17) is 5.84 Å². The lowest BCUT2D eigenvalue weighted by atomic mass is 10.3. The van der Waals surface area contributed by atoms with Crippen molar-refractivity contribution in [2.45, 2.75) is 12.8 Å². The minimum absolute atomic E-state index is 0.118. The van der Waals surface area contributed by atoms with E-state index in [2.05, 4.69) is 10.7 Å². The van der Waals surface area contributed by atoms with Crippen molar-refractivity contribution < 1.29 is 14.4 Å². The van der Waals surface area contributed by atoms with E-state index in [-0.39, 0.29) is 30.7 Å². The lowest BCUT2D eigenvalue weighted by Crippen LogP contribution is -2.35. The molecule has 0 fully saturated rings. The number of carbonyl (C=O) groups excluding carboxylic acids is 3. The van der Waals surface area contributed by atoms with Gasteiger partial charge in [-0.2, -0.15) is 0 Å². The van der Waals surface area contributed by atoms with Crippen molar-refractivity contribution in [3.05, 3.63) is 12.2 Å². The van der Waals surface area contributed by atoms with Gasteiger partial charge in [0.05, 0.1) is 0 Å². The summed E-state index contributed by atoms with van der Waals surface area (Å²) in [6, 6.07) is 0. The largest absolute Gasteiger partial charge is 0.355 e. The third-order valence-electron chi connectivity index (χ3n) is 2.28. The van der Waals surface area contributed by atoms with Crippen LogP contribution in [0.1, 0.15) is 12.8 Å². The van der Waals surface area contributed by atoms with Crippen LogP contribution in [0.4, 0.5) is 0 Å². The average Bonchev–Trinajstić information content (AvgIpc) is 2.61. The molecular weight excluding hydrogens is 224 g/mol. The van der Waals surface area contributed by atoms with Crippen molar-refractivity contribution in [1.29, 1.82) is 0 Å². The molecule has 7 heteroatoms. The molecule has 7 nitrogen and oxygen atoms in total. The van der Waals surface area contributed by atoms with Gasteiger partial charge in [-0.1, -0.05) is 0 Å². The first-order valence-corrected chi connectivity index (χ1v) is 5.39. The third-order valence-corrected chi connectivity index (χ3v) is 2.28. The fourth-order valence-electron chi connectivity index (χ4n) is 1.41. The fourth-order valence-corrected chi connectivity index (χ4v) is 1.41. The Labute approximate surface area is 99.0 Å². The van der Waals surface area contributed by atoms with E-state index >= 15 is 0 Å². The van der Waals surface area contributed by atoms with E-state index in [0.717, 1.165) is 4.90 Å². The molecule has 0 saturated carbocycles. The Morgan fingerprint density at radius 1 is 1.24 bits per heavy atom. The van der Waals surface area contributed by atoms with Crippen LogP contribution in [0.5, 0.6) is 0 Å². The molecule has 1 heterocycles. The summed E-state index contributed by atoms with van der Waals surface area (Å²) < 4.78 is 0. The van der Waals surface area contributed by atoms with Crippen LogP contribution in [0.25, 0.3) is 0 Å². The van der Waals surface area contributed by atoms with Crippen molar-refractivity contribution in [1.82, 2.24) is 15.6 Å². The van der Waals surface area contributed by atoms with Gasteiger partial charge in [-0.05, 0) is 6.42 Å². The predicted octanol–water partition coefficient (Wildman–Crippen LogP) is -1.73. The Kier molecular flexibility index (Phi) is 5.31. The minimum Gasteiger partial charge on any atom is -0.355 e. The van der Waals surface area contributed by atoms with Crippen molar-refractivity contribution in [2.75, 3.05) is 19.6 Å². The highest BCUT2D eigenvalue weighted by atomic mass is 16.2. The smallest absolute Gasteiger partial charge is 0.253 e. The molecule has 0 bridgehead atoms. The molecule has 0 aromatic heterocycles. The molecule has 1 rings (SSSR count). The van der Waals surface area contributed by atoms with Gasteiger partial charge in [0, 0.05) is 38.2 Å². The van der Waals surface area contributed by atoms with Gasteiger partial charge in [-0.25, -0.2) is 0 Å². The number of nitrogens with zero attached hydrogens (tertiary/aromatic N) is 1. The molecule has 0 atom stereocenters. The van der Waals surface area contributed by atoms with Crippen LogP contribution in [0.15, 0.2) is 12.2 Å². The summed E-state index contributed by atoms with van der Waals surface area (Å²) in [5, 5.41) is 2.65. The molecule has 3 amide bonds. The number of imide groups is 1. The van der Waals surface area contributed by atoms with E-state index < -0.39 is 0 Å². The van der Waals surface area contributed by atoms with E-state index in [9.17, 15) is 14.4 Å². The normalized spacial score (nSPS) is 14.5. The van der Waals surface area contributed by atoms with Crippen molar-refractivity contribution in [3.63, 3.8) is 0 Å². The zero-order chi connectivity index (χ0) is 12.7. The molecule has 94 valence electrons. The number of hydrogen-bond donors (Lipinski definition) is 3. The molecule has 0 saturated heterocycles. The number of rotatable bonds is 7. The van der Waals surface area contributed by atoms with E-state index in [1.807, 2.05) is 0 Å². The lowest BCUT2D eigenvalue weighted by Gasteiger charge is -2.13. The summed E-state index contributed by atoms with van der Waals surface area (Å²) in [7, 11) is 0. The van der Waals surface area contributed by atoms with Crippen LogP contribution in [-0.2, 0) is 14.4 Å². The number of nitrogens with one attached hydrogen (secondary N) is 2. The zero-order valence-corrected chi connectivity index (χ0v) is 9.44. The maximum atomic E-state index is 11.3. The second-order valence-electron chi connectivity index (χ2n) is 3.57. The first-order chi connectivity index (χ1) is 8.15. The molecule has 1 aliphatic heterocycles. The van der Waals surface area contributed by atoms with Crippen molar-refractivity contribution in [3.8, 4) is 0 Å². The second-order valence-corrected chi connectivity index (χ2v) is 3.57. The highest BCUT2D eigenvalue weighted by Gasteiger charge is 2.22. The van der Waals surface area contributed by atoms with E-state index in [1.165, 1.54) is 12.2 Å². The Morgan fingerprint density at radius 3 is 2.47 bits per heavy atom. The van der Waals surface area contributed by atoms with Gasteiger partial charge < -0.3 is 5.32 Å². The Morgan fingerprint density at radius 2 is 1.88 bits per heavy atom. The third kappa shape index (κ3) is 4.33. The maximum Gasteiger partial charge on any atom is 0.253 e. The Bertz CT molecular complexity index is 322. The summed E-state index contributed by atoms with van der Waals surface area (Å²) in [5.41, 5.74) is 2.41. The van der Waals surface area contributed by atoms with Crippen molar-refractivity contribution >= 4 is 17.7 Å². The molecule has 1 aliphatic rings. The number of amides is 3. The number of hydrogen-bond acceptors (Lipinski definition) is 5.